The van der Waals surface area contributed by atoms with E-state index < -0.39 is 10.0 Å². The van der Waals surface area contributed by atoms with Gasteiger partial charge in [-0.3, -0.25) is 0 Å². The van der Waals surface area contributed by atoms with Crippen molar-refractivity contribution in [2.75, 3.05) is 30.3 Å². The Bertz CT molecular complexity index is 601. The topological polar surface area (TPSA) is 110 Å². The summed E-state index contributed by atoms with van der Waals surface area (Å²) < 4.78 is 23.3. The molecule has 1 atom stereocenters. The van der Waals surface area contributed by atoms with Gasteiger partial charge in [0.05, 0.1) is 4.90 Å². The number of nitrogens with zero attached hydrogens (tertiary/aromatic N) is 1. The summed E-state index contributed by atoms with van der Waals surface area (Å²) in [6.07, 6.45) is 1.95. The van der Waals surface area contributed by atoms with Crippen molar-refractivity contribution in [3.05, 3.63) is 17.7 Å². The number of aliphatic hydroxyl groups excluding tert-OH is 1. The van der Waals surface area contributed by atoms with Crippen molar-refractivity contribution in [2.45, 2.75) is 24.7 Å². The molecule has 1 aromatic carbocycles. The Balaban J connectivity index is 2.44. The van der Waals surface area contributed by atoms with E-state index in [1.54, 1.807) is 13.0 Å². The molecule has 1 heterocycles. The van der Waals surface area contributed by atoms with Crippen LogP contribution in [0.25, 0.3) is 0 Å². The van der Waals surface area contributed by atoms with Crippen LogP contribution in [0.2, 0.25) is 0 Å². The molecule has 1 fully saturated rings. The molecular formula is C13H21N3O3S. The molecule has 5 N–H and O–H groups in total. The lowest BCUT2D eigenvalue weighted by atomic mass is 9.97. The molecule has 0 aliphatic carbocycles. The van der Waals surface area contributed by atoms with E-state index in [-0.39, 0.29) is 17.4 Å². The number of hydrogen-bond acceptors (Lipinski definition) is 5. The highest BCUT2D eigenvalue weighted by Gasteiger charge is 2.23. The Morgan fingerprint density at radius 3 is 2.75 bits per heavy atom. The number of piperidine rings is 1. The van der Waals surface area contributed by atoms with Crippen LogP contribution in [0, 0.1) is 12.8 Å². The molecule has 1 aliphatic rings. The van der Waals surface area contributed by atoms with E-state index in [4.69, 9.17) is 10.9 Å². The van der Waals surface area contributed by atoms with Gasteiger partial charge in [-0.15, -0.1) is 0 Å². The second-order valence-corrected chi connectivity index (χ2v) is 6.87. The van der Waals surface area contributed by atoms with E-state index in [1.807, 2.05) is 0 Å². The minimum Gasteiger partial charge on any atom is -0.399 e. The van der Waals surface area contributed by atoms with E-state index in [0.717, 1.165) is 25.1 Å². The van der Waals surface area contributed by atoms with Gasteiger partial charge in [-0.25, -0.2) is 13.6 Å². The largest absolute Gasteiger partial charge is 0.399 e. The van der Waals surface area contributed by atoms with Crippen LogP contribution >= 0.6 is 0 Å². The summed E-state index contributed by atoms with van der Waals surface area (Å²) in [5, 5.41) is 14.5. The van der Waals surface area contributed by atoms with Crippen molar-refractivity contribution in [1.29, 1.82) is 0 Å². The Hall–Kier alpha value is -1.31. The van der Waals surface area contributed by atoms with Gasteiger partial charge in [0.15, 0.2) is 0 Å². The third kappa shape index (κ3) is 3.05. The zero-order valence-corrected chi connectivity index (χ0v) is 12.4. The van der Waals surface area contributed by atoms with E-state index in [0.29, 0.717) is 17.8 Å². The lowest BCUT2D eigenvalue weighted by Gasteiger charge is -2.35. The van der Waals surface area contributed by atoms with Gasteiger partial charge in [-0.1, -0.05) is 0 Å². The number of nitrogen functional groups attached to an aromatic ring is 1. The summed E-state index contributed by atoms with van der Waals surface area (Å²) in [6.45, 7) is 3.40. The Morgan fingerprint density at radius 1 is 1.45 bits per heavy atom. The first-order valence-electron chi connectivity index (χ1n) is 6.61. The highest BCUT2D eigenvalue weighted by atomic mass is 32.2. The highest BCUT2D eigenvalue weighted by Crippen LogP contribution is 2.31. The summed E-state index contributed by atoms with van der Waals surface area (Å²) in [6, 6.07) is 3.16. The first-order chi connectivity index (χ1) is 9.32. The summed E-state index contributed by atoms with van der Waals surface area (Å²) in [5.74, 6) is 0.211. The van der Waals surface area contributed by atoms with Crippen LogP contribution in [0.5, 0.6) is 0 Å². The second-order valence-electron chi connectivity index (χ2n) is 5.35. The maximum absolute atomic E-state index is 11.6. The highest BCUT2D eigenvalue weighted by molar-refractivity contribution is 7.89. The number of nitrogens with two attached hydrogens (primary N) is 2. The molecule has 1 unspecified atom stereocenters. The van der Waals surface area contributed by atoms with E-state index >= 15 is 0 Å². The van der Waals surface area contributed by atoms with Crippen LogP contribution in [-0.4, -0.2) is 33.2 Å². The van der Waals surface area contributed by atoms with Crippen LogP contribution in [0.3, 0.4) is 0 Å². The van der Waals surface area contributed by atoms with E-state index in [9.17, 15) is 13.5 Å². The molecule has 0 saturated carbocycles. The van der Waals surface area contributed by atoms with Gasteiger partial charge < -0.3 is 15.7 Å². The van der Waals surface area contributed by atoms with Crippen molar-refractivity contribution in [3.63, 3.8) is 0 Å². The number of primary sulfonamides is 1. The molecular weight excluding hydrogens is 278 g/mol. The fourth-order valence-electron chi connectivity index (χ4n) is 2.75. The van der Waals surface area contributed by atoms with E-state index in [2.05, 4.69) is 4.90 Å². The van der Waals surface area contributed by atoms with Crippen molar-refractivity contribution < 1.29 is 13.5 Å². The summed E-state index contributed by atoms with van der Waals surface area (Å²) in [4.78, 5) is 2.14. The van der Waals surface area contributed by atoms with Gasteiger partial charge >= 0.3 is 0 Å². The van der Waals surface area contributed by atoms with Crippen molar-refractivity contribution >= 4 is 21.4 Å². The molecule has 6 nitrogen and oxygen atoms in total. The smallest absolute Gasteiger partial charge is 0.238 e. The van der Waals surface area contributed by atoms with Gasteiger partial charge in [0.1, 0.15) is 0 Å². The SMILES string of the molecule is Cc1c(N2CCCC(CO)C2)cc(N)cc1S(N)(=O)=O. The fraction of sp³-hybridized carbons (Fsp3) is 0.538. The maximum Gasteiger partial charge on any atom is 0.238 e. The molecule has 2 rings (SSSR count). The molecule has 0 spiro atoms. The third-order valence-electron chi connectivity index (χ3n) is 3.78. The maximum atomic E-state index is 11.6. The minimum absolute atomic E-state index is 0.0682. The fourth-order valence-corrected chi connectivity index (χ4v) is 3.58. The van der Waals surface area contributed by atoms with Gasteiger partial charge in [0.25, 0.3) is 0 Å². The van der Waals surface area contributed by atoms with Crippen LogP contribution in [0.1, 0.15) is 18.4 Å². The standard InChI is InChI=1S/C13H21N3O3S/c1-9-12(16-4-2-3-10(7-16)8-17)5-11(14)6-13(9)20(15,18)19/h5-6,10,17H,2-4,7-8,14H2,1H3,(H2,15,18,19). The Morgan fingerprint density at radius 2 is 2.15 bits per heavy atom. The summed E-state index contributed by atoms with van der Waals surface area (Å²) in [7, 11) is -3.79. The van der Waals surface area contributed by atoms with Crippen molar-refractivity contribution in [3.8, 4) is 0 Å². The predicted molar refractivity (Wildman–Crippen MR) is 79.0 cm³/mol. The number of benzene rings is 1. The molecule has 0 bridgehead atoms. The van der Waals surface area contributed by atoms with Crippen LogP contribution in [-0.2, 0) is 10.0 Å². The van der Waals surface area contributed by atoms with Crippen LogP contribution in [0.4, 0.5) is 11.4 Å². The van der Waals surface area contributed by atoms with Crippen molar-refractivity contribution in [2.24, 2.45) is 11.1 Å². The number of rotatable bonds is 3. The summed E-state index contributed by atoms with van der Waals surface area (Å²) >= 11 is 0. The molecule has 20 heavy (non-hydrogen) atoms. The number of hydrogen-bond donors (Lipinski definition) is 3. The lowest BCUT2D eigenvalue weighted by molar-refractivity contribution is 0.208. The summed E-state index contributed by atoms with van der Waals surface area (Å²) in [5.41, 5.74) is 7.57. The zero-order chi connectivity index (χ0) is 14.9. The van der Waals surface area contributed by atoms with Crippen molar-refractivity contribution in [1.82, 2.24) is 0 Å². The Kier molecular flexibility index (Phi) is 4.22. The van der Waals surface area contributed by atoms with E-state index in [1.165, 1.54) is 6.07 Å². The van der Waals surface area contributed by atoms with Crippen LogP contribution in [0.15, 0.2) is 17.0 Å². The molecule has 1 aliphatic heterocycles. The van der Waals surface area contributed by atoms with Gasteiger partial charge in [-0.05, 0) is 43.4 Å². The second kappa shape index (κ2) is 5.59. The number of aliphatic hydroxyl groups is 1. The average molecular weight is 299 g/mol. The molecule has 1 saturated heterocycles. The molecule has 1 aromatic rings. The predicted octanol–water partition coefficient (Wildman–Crippen LogP) is 0.433. The molecule has 0 amide bonds. The lowest BCUT2D eigenvalue weighted by Crippen LogP contribution is -2.37. The number of anilines is 2. The quantitative estimate of drug-likeness (QED) is 0.701. The molecule has 7 heteroatoms. The number of sulfonamides is 1. The Labute approximate surface area is 119 Å². The van der Waals surface area contributed by atoms with Gasteiger partial charge in [0, 0.05) is 31.1 Å². The third-order valence-corrected chi connectivity index (χ3v) is 4.82. The average Bonchev–Trinajstić information content (AvgIpc) is 2.40. The minimum atomic E-state index is -3.79. The van der Waals surface area contributed by atoms with Gasteiger partial charge in [0.2, 0.25) is 10.0 Å². The normalized spacial score (nSPS) is 20.1. The molecule has 0 radical (unpaired) electrons. The first kappa shape index (κ1) is 15.1. The van der Waals surface area contributed by atoms with Crippen LogP contribution < -0.4 is 15.8 Å². The monoisotopic (exact) mass is 299 g/mol. The molecule has 0 aromatic heterocycles. The zero-order valence-electron chi connectivity index (χ0n) is 11.5. The first-order valence-corrected chi connectivity index (χ1v) is 8.16. The molecule has 112 valence electrons. The van der Waals surface area contributed by atoms with Gasteiger partial charge in [-0.2, -0.15) is 0 Å².